The zero-order valence-corrected chi connectivity index (χ0v) is 21.3. The van der Waals surface area contributed by atoms with E-state index in [1.54, 1.807) is 6.20 Å². The second kappa shape index (κ2) is 10.8. The van der Waals surface area contributed by atoms with Gasteiger partial charge in [0.15, 0.2) is 0 Å². The number of hydrogen-bond acceptors (Lipinski definition) is 4. The molecule has 6 nitrogen and oxygen atoms in total. The predicted molar refractivity (Wildman–Crippen MR) is 150 cm³/mol. The molecular formula is C32H32N4O2. The molecule has 1 aliphatic heterocycles. The van der Waals surface area contributed by atoms with Crippen LogP contribution in [0.3, 0.4) is 0 Å². The van der Waals surface area contributed by atoms with Crippen LogP contribution in [0, 0.1) is 5.92 Å². The largest absolute Gasteiger partial charge is 0.349 e. The number of nitrogens with zero attached hydrogens (tertiary/aromatic N) is 2. The molecule has 0 radical (unpaired) electrons. The van der Waals surface area contributed by atoms with Crippen LogP contribution in [-0.4, -0.2) is 40.8 Å². The first kappa shape index (κ1) is 24.3. The van der Waals surface area contributed by atoms with Gasteiger partial charge in [-0.15, -0.1) is 0 Å². The summed E-state index contributed by atoms with van der Waals surface area (Å²) in [4.78, 5) is 32.3. The van der Waals surface area contributed by atoms with Gasteiger partial charge in [0.2, 0.25) is 5.91 Å². The van der Waals surface area contributed by atoms with Crippen LogP contribution in [-0.2, 0) is 11.3 Å². The molecule has 2 N–H and O–H groups in total. The molecule has 6 rings (SSSR count). The lowest BCUT2D eigenvalue weighted by molar-refractivity contribution is -0.117. The highest BCUT2D eigenvalue weighted by atomic mass is 16.2. The van der Waals surface area contributed by atoms with Crippen LogP contribution in [0.1, 0.15) is 46.7 Å². The van der Waals surface area contributed by atoms with E-state index in [1.165, 1.54) is 5.56 Å². The second-order valence-electron chi connectivity index (χ2n) is 10.5. The number of carbonyl (C=O) groups is 2. The van der Waals surface area contributed by atoms with E-state index in [0.717, 1.165) is 60.9 Å². The molecule has 0 bridgehead atoms. The highest BCUT2D eigenvalue weighted by molar-refractivity contribution is 5.97. The number of pyridine rings is 1. The molecule has 192 valence electrons. The van der Waals surface area contributed by atoms with E-state index in [9.17, 15) is 9.59 Å². The Morgan fingerprint density at radius 2 is 1.68 bits per heavy atom. The minimum atomic E-state index is -0.0381. The van der Waals surface area contributed by atoms with Gasteiger partial charge in [-0.05, 0) is 72.0 Å². The molecule has 2 amide bonds. The maximum absolute atomic E-state index is 12.9. The molecule has 2 fully saturated rings. The van der Waals surface area contributed by atoms with Crippen molar-refractivity contribution in [1.82, 2.24) is 15.2 Å². The molecule has 3 aromatic carbocycles. The number of aromatic nitrogens is 1. The minimum Gasteiger partial charge on any atom is -0.349 e. The fourth-order valence-electron chi connectivity index (χ4n) is 5.48. The average Bonchev–Trinajstić information content (AvgIpc) is 3.76. The lowest BCUT2D eigenvalue weighted by atomic mass is 10.0. The molecule has 0 spiro atoms. The van der Waals surface area contributed by atoms with Gasteiger partial charge < -0.3 is 10.6 Å². The van der Waals surface area contributed by atoms with Crippen molar-refractivity contribution in [3.05, 3.63) is 108 Å². The number of likely N-dealkylation sites (tertiary alicyclic amines) is 1. The summed E-state index contributed by atoms with van der Waals surface area (Å²) in [5.41, 5.74) is 3.92. The fraction of sp³-hybridized carbons (Fsp3) is 0.281. The third-order valence-electron chi connectivity index (χ3n) is 7.81. The highest BCUT2D eigenvalue weighted by Crippen LogP contribution is 2.48. The summed E-state index contributed by atoms with van der Waals surface area (Å²) in [6.45, 7) is 2.93. The average molecular weight is 505 g/mol. The molecule has 4 aromatic rings. The quantitative estimate of drug-likeness (QED) is 0.355. The Balaban J connectivity index is 0.979. The van der Waals surface area contributed by atoms with Crippen LogP contribution in [0.25, 0.3) is 10.8 Å². The van der Waals surface area contributed by atoms with Crippen molar-refractivity contribution in [3.63, 3.8) is 0 Å². The molecule has 1 aromatic heterocycles. The summed E-state index contributed by atoms with van der Waals surface area (Å²) in [5, 5.41) is 8.38. The summed E-state index contributed by atoms with van der Waals surface area (Å²) in [6, 6.07) is 26.3. The Labute approximate surface area is 223 Å². The zero-order valence-electron chi connectivity index (χ0n) is 21.3. The zero-order chi connectivity index (χ0) is 25.9. The van der Waals surface area contributed by atoms with Gasteiger partial charge in [-0.2, -0.15) is 0 Å². The number of rotatable bonds is 7. The molecule has 0 unspecified atom stereocenters. The summed E-state index contributed by atoms with van der Waals surface area (Å²) in [7, 11) is 0. The summed E-state index contributed by atoms with van der Waals surface area (Å²) in [5.74, 6) is 0.188. The third-order valence-corrected chi connectivity index (χ3v) is 7.81. The molecule has 38 heavy (non-hydrogen) atoms. The Morgan fingerprint density at radius 1 is 0.895 bits per heavy atom. The molecule has 1 saturated carbocycles. The summed E-state index contributed by atoms with van der Waals surface area (Å²) < 4.78 is 0. The minimum absolute atomic E-state index is 0.0188. The highest BCUT2D eigenvalue weighted by Gasteiger charge is 2.44. The summed E-state index contributed by atoms with van der Waals surface area (Å²) in [6.07, 6.45) is 6.33. The van der Waals surface area contributed by atoms with Gasteiger partial charge in [-0.3, -0.25) is 19.5 Å². The van der Waals surface area contributed by atoms with Gasteiger partial charge in [0.05, 0.1) is 0 Å². The van der Waals surface area contributed by atoms with Crippen LogP contribution < -0.4 is 10.6 Å². The molecule has 2 aliphatic rings. The number of carbonyl (C=O) groups excluding carboxylic acids is 2. The molecule has 1 aliphatic carbocycles. The van der Waals surface area contributed by atoms with Gasteiger partial charge in [-0.25, -0.2) is 0 Å². The Morgan fingerprint density at radius 3 is 2.47 bits per heavy atom. The standard InChI is InChI=1S/C32H32N4O2/c37-31(34-27-13-16-36(17-14-27)21-22-4-2-1-3-5-22)24-8-6-23(7-9-24)29-19-30(29)32(38)35-28-11-10-26-20-33-15-12-25(26)18-28/h1-12,15,18,20,27,29-30H,13-14,16-17,19,21H2,(H,34,37)(H,35,38)/t29-,30+/m0/s1. The number of benzene rings is 3. The maximum atomic E-state index is 12.9. The van der Waals surface area contributed by atoms with Crippen molar-refractivity contribution in [2.75, 3.05) is 18.4 Å². The third kappa shape index (κ3) is 5.60. The summed E-state index contributed by atoms with van der Waals surface area (Å²) >= 11 is 0. The van der Waals surface area contributed by atoms with Gasteiger partial charge in [0.25, 0.3) is 5.91 Å². The van der Waals surface area contributed by atoms with E-state index in [-0.39, 0.29) is 29.7 Å². The maximum Gasteiger partial charge on any atom is 0.251 e. The smallest absolute Gasteiger partial charge is 0.251 e. The van der Waals surface area contributed by atoms with Gasteiger partial charge in [0.1, 0.15) is 0 Å². The Kier molecular flexibility index (Phi) is 6.88. The van der Waals surface area contributed by atoms with Crippen molar-refractivity contribution < 1.29 is 9.59 Å². The Hall–Kier alpha value is -4.03. The first-order valence-corrected chi connectivity index (χ1v) is 13.4. The van der Waals surface area contributed by atoms with Crippen molar-refractivity contribution in [3.8, 4) is 0 Å². The van der Waals surface area contributed by atoms with Gasteiger partial charge >= 0.3 is 0 Å². The van der Waals surface area contributed by atoms with Crippen LogP contribution in [0.4, 0.5) is 5.69 Å². The van der Waals surface area contributed by atoms with E-state index >= 15 is 0 Å². The number of nitrogens with one attached hydrogen (secondary N) is 2. The monoisotopic (exact) mass is 504 g/mol. The number of amides is 2. The first-order chi connectivity index (χ1) is 18.6. The van der Waals surface area contributed by atoms with Crippen LogP contribution in [0.5, 0.6) is 0 Å². The van der Waals surface area contributed by atoms with Crippen molar-refractivity contribution in [2.45, 2.75) is 37.8 Å². The lowest BCUT2D eigenvalue weighted by Gasteiger charge is -2.32. The molecule has 6 heteroatoms. The van der Waals surface area contributed by atoms with E-state index < -0.39 is 0 Å². The van der Waals surface area contributed by atoms with Gasteiger partial charge in [-0.1, -0.05) is 48.5 Å². The van der Waals surface area contributed by atoms with Crippen molar-refractivity contribution >= 4 is 28.3 Å². The SMILES string of the molecule is O=C(NC1CCN(Cc2ccccc2)CC1)c1ccc([C@@H]2C[C@H]2C(=O)Nc2ccc3cnccc3c2)cc1. The van der Waals surface area contributed by atoms with E-state index in [4.69, 9.17) is 0 Å². The van der Waals surface area contributed by atoms with E-state index in [1.807, 2.05) is 60.8 Å². The van der Waals surface area contributed by atoms with Crippen molar-refractivity contribution in [1.29, 1.82) is 0 Å². The first-order valence-electron chi connectivity index (χ1n) is 13.4. The number of piperidine rings is 1. The van der Waals surface area contributed by atoms with Crippen molar-refractivity contribution in [2.24, 2.45) is 5.92 Å². The molecule has 2 atom stereocenters. The van der Waals surface area contributed by atoms with Crippen LogP contribution in [0.2, 0.25) is 0 Å². The second-order valence-corrected chi connectivity index (χ2v) is 10.5. The fourth-order valence-corrected chi connectivity index (χ4v) is 5.48. The normalized spacial score (nSPS) is 19.7. The molecular weight excluding hydrogens is 472 g/mol. The van der Waals surface area contributed by atoms with Crippen LogP contribution in [0.15, 0.2) is 91.3 Å². The topological polar surface area (TPSA) is 74.3 Å². The number of anilines is 1. The predicted octanol–water partition coefficient (Wildman–Crippen LogP) is 5.37. The van der Waals surface area contributed by atoms with E-state index in [2.05, 4.69) is 44.8 Å². The van der Waals surface area contributed by atoms with Crippen LogP contribution >= 0.6 is 0 Å². The Bertz CT molecular complexity index is 1430. The van der Waals surface area contributed by atoms with E-state index in [0.29, 0.717) is 5.56 Å². The number of hydrogen-bond donors (Lipinski definition) is 2. The lowest BCUT2D eigenvalue weighted by Crippen LogP contribution is -2.44. The van der Waals surface area contributed by atoms with Gasteiger partial charge in [0, 0.05) is 60.6 Å². The molecule has 1 saturated heterocycles. The molecule has 2 heterocycles. The number of fused-ring (bicyclic) bond motifs is 1.